The molecule has 0 spiro atoms. The number of Topliss-reactive ketones (excluding diaryl/α,β-unsaturated/α-hetero) is 1. The van der Waals surface area contributed by atoms with E-state index >= 15 is 0 Å². The first-order valence-electron chi connectivity index (χ1n) is 27.9. The predicted molar refractivity (Wildman–Crippen MR) is 275 cm³/mol. The molecule has 25 atom stereocenters. The van der Waals surface area contributed by atoms with Gasteiger partial charge in [-0.25, -0.2) is 4.79 Å². The highest BCUT2D eigenvalue weighted by molar-refractivity contribution is 5.87. The number of benzene rings is 1. The molecule has 8 aliphatic rings. The van der Waals surface area contributed by atoms with E-state index in [1.165, 1.54) is 20.1 Å². The molecule has 19 nitrogen and oxygen atoms in total. The van der Waals surface area contributed by atoms with Gasteiger partial charge in [-0.15, -0.1) is 0 Å². The summed E-state index contributed by atoms with van der Waals surface area (Å²) >= 11 is 0. The van der Waals surface area contributed by atoms with E-state index < -0.39 is 150 Å². The smallest absolute Gasteiger partial charge is 0.331 e. The van der Waals surface area contributed by atoms with E-state index in [0.29, 0.717) is 51.4 Å². The topological polar surface area (TPSA) is 235 Å². The molecular formula is C58H86O19. The largest absolute Gasteiger partial charge is 0.458 e. The van der Waals surface area contributed by atoms with Crippen molar-refractivity contribution in [2.75, 3.05) is 28.4 Å². The van der Waals surface area contributed by atoms with E-state index in [1.807, 2.05) is 58.0 Å². The molecule has 0 radical (unpaired) electrons. The van der Waals surface area contributed by atoms with Gasteiger partial charge < -0.3 is 82.0 Å². The second kappa shape index (κ2) is 23.6. The fourth-order valence-corrected chi connectivity index (χ4v) is 15.1. The van der Waals surface area contributed by atoms with Gasteiger partial charge in [-0.05, 0) is 96.6 Å². The molecule has 19 heteroatoms. The number of carbonyl (C=O) groups excluding carboxylic acids is 2. The van der Waals surface area contributed by atoms with Crippen LogP contribution in [0.15, 0.2) is 48.1 Å². The lowest BCUT2D eigenvalue weighted by atomic mass is 9.43. The molecule has 4 N–H and O–H groups in total. The van der Waals surface area contributed by atoms with Gasteiger partial charge in [0.05, 0.1) is 48.8 Å². The van der Waals surface area contributed by atoms with Crippen LogP contribution in [-0.4, -0.2) is 189 Å². The van der Waals surface area contributed by atoms with Gasteiger partial charge >= 0.3 is 5.97 Å². The molecule has 4 heterocycles. The van der Waals surface area contributed by atoms with E-state index in [1.54, 1.807) is 34.3 Å². The van der Waals surface area contributed by atoms with Gasteiger partial charge in [-0.2, -0.15) is 0 Å². The lowest BCUT2D eigenvalue weighted by Crippen LogP contribution is -2.75. The van der Waals surface area contributed by atoms with Gasteiger partial charge in [0.15, 0.2) is 25.2 Å². The van der Waals surface area contributed by atoms with Crippen LogP contribution in [0, 0.1) is 22.7 Å². The van der Waals surface area contributed by atoms with E-state index in [4.69, 9.17) is 61.6 Å². The fraction of sp³-hybridized carbons (Fsp3) is 0.793. The lowest BCUT2D eigenvalue weighted by Gasteiger charge is -2.66. The molecule has 0 aromatic heterocycles. The first kappa shape index (κ1) is 58.8. The molecular weight excluding hydrogens is 1000 g/mol. The highest BCUT2D eigenvalue weighted by Crippen LogP contribution is 2.70. The quantitative estimate of drug-likeness (QED) is 0.0959. The van der Waals surface area contributed by atoms with Crippen molar-refractivity contribution in [2.45, 2.75) is 241 Å². The van der Waals surface area contributed by atoms with Crippen molar-refractivity contribution in [1.29, 1.82) is 0 Å². The lowest BCUT2D eigenvalue weighted by molar-refractivity contribution is -0.355. The van der Waals surface area contributed by atoms with Crippen molar-refractivity contribution in [1.82, 2.24) is 0 Å². The number of esters is 1. The van der Waals surface area contributed by atoms with E-state index in [0.717, 1.165) is 11.1 Å². The molecule has 1 aromatic carbocycles. The number of hydrogen-bond donors (Lipinski definition) is 4. The van der Waals surface area contributed by atoms with Crippen LogP contribution in [0.3, 0.4) is 0 Å². The number of ether oxygens (including phenoxy) is 13. The van der Waals surface area contributed by atoms with Crippen molar-refractivity contribution >= 4 is 17.8 Å². The second-order valence-electron chi connectivity index (χ2n) is 23.6. The van der Waals surface area contributed by atoms with Gasteiger partial charge in [-0.3, -0.25) is 4.79 Å². The van der Waals surface area contributed by atoms with Crippen LogP contribution in [0.25, 0.3) is 6.08 Å². The maximum atomic E-state index is 13.6. The van der Waals surface area contributed by atoms with E-state index in [9.17, 15) is 30.0 Å². The zero-order valence-corrected chi connectivity index (χ0v) is 46.7. The van der Waals surface area contributed by atoms with Crippen LogP contribution in [0.2, 0.25) is 0 Å². The molecule has 4 saturated heterocycles. The Morgan fingerprint density at radius 3 is 1.77 bits per heavy atom. The molecule has 4 aliphatic heterocycles. The number of ketones is 1. The normalized spacial score (nSPS) is 48.1. The number of fused-ring (bicyclic) bond motifs is 5. The summed E-state index contributed by atoms with van der Waals surface area (Å²) in [6, 6.07) is 9.46. The fourth-order valence-electron chi connectivity index (χ4n) is 15.1. The minimum atomic E-state index is -1.69. The summed E-state index contributed by atoms with van der Waals surface area (Å²) in [4.78, 5) is 26.9. The first-order valence-corrected chi connectivity index (χ1v) is 27.9. The van der Waals surface area contributed by atoms with Gasteiger partial charge in [-0.1, -0.05) is 55.8 Å². The van der Waals surface area contributed by atoms with Gasteiger partial charge in [0.25, 0.3) is 0 Å². The third-order valence-electron chi connectivity index (χ3n) is 19.5. The van der Waals surface area contributed by atoms with E-state index in [2.05, 4.69) is 13.0 Å². The highest BCUT2D eigenvalue weighted by atomic mass is 16.8. The summed E-state index contributed by atoms with van der Waals surface area (Å²) in [5.74, 6) is -1.71. The Hall–Kier alpha value is -2.80. The molecule has 3 saturated carbocycles. The average molecular weight is 1090 g/mol. The van der Waals surface area contributed by atoms with E-state index in [-0.39, 0.29) is 24.7 Å². The number of aliphatic hydroxyl groups is 4. The Balaban J connectivity index is 0.802. The number of rotatable bonds is 16. The molecule has 77 heavy (non-hydrogen) atoms. The molecule has 4 aliphatic carbocycles. The zero-order valence-electron chi connectivity index (χ0n) is 46.7. The van der Waals surface area contributed by atoms with Gasteiger partial charge in [0, 0.05) is 71.0 Å². The van der Waals surface area contributed by atoms with Gasteiger partial charge in [0.1, 0.15) is 59.7 Å². The summed E-state index contributed by atoms with van der Waals surface area (Å²) in [5, 5.41) is 47.3. The first-order chi connectivity index (χ1) is 36.6. The second-order valence-corrected chi connectivity index (χ2v) is 23.6. The Morgan fingerprint density at radius 1 is 0.662 bits per heavy atom. The Bertz CT molecular complexity index is 2250. The van der Waals surface area contributed by atoms with Crippen molar-refractivity contribution in [3.8, 4) is 0 Å². The molecule has 9 rings (SSSR count). The van der Waals surface area contributed by atoms with Crippen molar-refractivity contribution in [2.24, 2.45) is 22.7 Å². The van der Waals surface area contributed by atoms with Crippen LogP contribution < -0.4 is 0 Å². The van der Waals surface area contributed by atoms with Crippen molar-refractivity contribution < 1.29 is 91.6 Å². The van der Waals surface area contributed by atoms with Crippen LogP contribution in [0.1, 0.15) is 118 Å². The third-order valence-corrected chi connectivity index (χ3v) is 19.5. The highest BCUT2D eigenvalue weighted by Gasteiger charge is 2.77. The molecule has 0 amide bonds. The minimum Gasteiger partial charge on any atom is -0.458 e. The Morgan fingerprint density at radius 2 is 1.22 bits per heavy atom. The Labute approximate surface area is 453 Å². The summed E-state index contributed by atoms with van der Waals surface area (Å²) in [5.41, 5.74) is -3.04. The van der Waals surface area contributed by atoms with Crippen LogP contribution in [0.5, 0.6) is 0 Å². The average Bonchev–Trinajstić information content (AvgIpc) is 3.86. The molecule has 7 fully saturated rings. The molecule has 0 bridgehead atoms. The molecule has 1 aromatic rings. The minimum absolute atomic E-state index is 0.0917. The summed E-state index contributed by atoms with van der Waals surface area (Å²) < 4.78 is 81.2. The van der Waals surface area contributed by atoms with Crippen LogP contribution in [0.4, 0.5) is 0 Å². The van der Waals surface area contributed by atoms with Crippen LogP contribution in [-0.2, 0) is 71.2 Å². The maximum Gasteiger partial charge on any atom is 0.331 e. The Kier molecular flexibility index (Phi) is 18.0. The molecule has 0 unspecified atom stereocenters. The van der Waals surface area contributed by atoms with Crippen LogP contribution >= 0.6 is 0 Å². The summed E-state index contributed by atoms with van der Waals surface area (Å²) in [6.07, 6.45) is -3.10. The molecule has 432 valence electrons. The number of methoxy groups -OCH3 is 4. The van der Waals surface area contributed by atoms with Crippen molar-refractivity contribution in [3.63, 3.8) is 0 Å². The zero-order chi connectivity index (χ0) is 55.4. The summed E-state index contributed by atoms with van der Waals surface area (Å²) in [6.45, 7) is 12.9. The van der Waals surface area contributed by atoms with Crippen molar-refractivity contribution in [3.05, 3.63) is 53.6 Å². The number of carbonyl (C=O) groups is 2. The third kappa shape index (κ3) is 10.9. The maximum absolute atomic E-state index is 13.6. The summed E-state index contributed by atoms with van der Waals surface area (Å²) in [7, 11) is 6.27. The monoisotopic (exact) mass is 1090 g/mol. The SMILES string of the molecule is CO[C@@H]1[C@@H](O)[C@H](O[C@@H]2[C@@H](C)O[C@@H](O[C@H]3[C@@H](OC)C[C@H](O[C@H]4[C@@H](OC)C[C@H](O[C@H]5CC[C@@]6(C)C(=CC[C@]7(O)[C@@H]6C[C@@H](OC(=O)/C=C/c6ccccc6)[C@]6(C)[C@H](C(C)=O)CC[C@@]67O)C5)O[C@@H]4C)O[C@@H]3C)C[C@H]2OC)O[C@H](C)[C@H]1O. The predicted octanol–water partition coefficient (Wildman–Crippen LogP) is 5.09. The standard InChI is InChI=1S/C58H86O19/c1-30(59)38-21-24-58(64)56(38,7)43(74-44(60)18-17-35-15-13-12-14-16-35)29-42-55(6)22-20-37(25-36(55)19-23-57(42,58)63)73-45-26-39(65-8)50(32(3)69-45)75-46-27-40(66-9)51(33(4)70-46)76-47-28-41(67-10)52(34(5)71-47)77-54-49(62)53(68-11)48(61)31(2)72-54/h12-19,31-34,37-43,45-54,61-64H,20-29H2,1-11H3/b18-17+/t31-,32-,33-,34-,37+,38+,39+,40+,41-,42-,43-,45+,46+,47+,48-,49-,50-,51-,52-,53+,54+,55+,56+,57+,58-/m1/s1. The van der Waals surface area contributed by atoms with Gasteiger partial charge in [0.2, 0.25) is 0 Å². The number of aliphatic hydroxyl groups excluding tert-OH is 2. The number of hydrogen-bond acceptors (Lipinski definition) is 19.